The van der Waals surface area contributed by atoms with Gasteiger partial charge in [-0.25, -0.2) is 8.42 Å². The fraction of sp³-hybridized carbons (Fsp3) is 0.0833. The van der Waals surface area contributed by atoms with Gasteiger partial charge in [-0.2, -0.15) is 0 Å². The van der Waals surface area contributed by atoms with Crippen LogP contribution in [-0.2, 0) is 21.2 Å². The normalized spacial score (nSPS) is 11.3. The van der Waals surface area contributed by atoms with Crippen molar-refractivity contribution in [3.05, 3.63) is 94.2 Å². The maximum atomic E-state index is 13.3. The Labute approximate surface area is 195 Å². The van der Waals surface area contributed by atoms with Crippen LogP contribution in [0.2, 0.25) is 5.02 Å². The Hall–Kier alpha value is -3.62. The molecule has 1 heterocycles. The first-order valence-corrected chi connectivity index (χ1v) is 11.7. The molecule has 7 nitrogen and oxygen atoms in total. The number of hydrogen-bond acceptors (Lipinski definition) is 5. The van der Waals surface area contributed by atoms with E-state index in [4.69, 9.17) is 16.3 Å². The highest BCUT2D eigenvalue weighted by atomic mass is 35.5. The van der Waals surface area contributed by atoms with Crippen LogP contribution in [0.25, 0.3) is 10.9 Å². The van der Waals surface area contributed by atoms with Crippen LogP contribution in [0, 0.1) is 0 Å². The molecule has 0 aliphatic rings. The zero-order valence-corrected chi connectivity index (χ0v) is 19.1. The van der Waals surface area contributed by atoms with Crippen LogP contribution in [0.3, 0.4) is 0 Å². The Bertz CT molecular complexity index is 1510. The summed E-state index contributed by atoms with van der Waals surface area (Å²) in [5, 5.41) is 3.39. The third-order valence-electron chi connectivity index (χ3n) is 5.04. The fourth-order valence-corrected chi connectivity index (χ4v) is 5.00. The summed E-state index contributed by atoms with van der Waals surface area (Å²) >= 11 is 5.97. The minimum Gasteiger partial charge on any atom is -0.497 e. The molecular weight excluding hydrogens is 464 g/mol. The van der Waals surface area contributed by atoms with E-state index in [9.17, 15) is 18.0 Å². The second kappa shape index (κ2) is 9.09. The number of hydrogen-bond donors (Lipinski definition) is 1. The molecule has 1 amide bonds. The van der Waals surface area contributed by atoms with Crippen molar-refractivity contribution in [2.24, 2.45) is 0 Å². The predicted molar refractivity (Wildman–Crippen MR) is 127 cm³/mol. The molecule has 0 saturated heterocycles. The highest BCUT2D eigenvalue weighted by molar-refractivity contribution is 7.91. The molecule has 0 atom stereocenters. The van der Waals surface area contributed by atoms with Crippen molar-refractivity contribution in [3.63, 3.8) is 0 Å². The molecular formula is C24H19ClN2O5S. The molecule has 0 radical (unpaired) electrons. The van der Waals surface area contributed by atoms with E-state index in [1.54, 1.807) is 42.5 Å². The van der Waals surface area contributed by atoms with Gasteiger partial charge >= 0.3 is 0 Å². The molecule has 0 saturated carbocycles. The van der Waals surface area contributed by atoms with Gasteiger partial charge in [0.05, 0.1) is 17.5 Å². The van der Waals surface area contributed by atoms with E-state index in [2.05, 4.69) is 5.32 Å². The number of carbonyl (C=O) groups excluding carboxylic acids is 1. The molecule has 0 aliphatic carbocycles. The standard InChI is InChI=1S/C24H19ClN2O5S/c1-32-18-9-11-19(12-10-18)33(30,31)22-14-27(21-8-3-2-7-20(21)24(22)29)15-23(28)26-17-6-4-5-16(25)13-17/h2-14H,15H2,1H3,(H,26,28). The van der Waals surface area contributed by atoms with Crippen molar-refractivity contribution in [1.29, 1.82) is 0 Å². The summed E-state index contributed by atoms with van der Waals surface area (Å²) in [6.45, 7) is -0.210. The number of methoxy groups -OCH3 is 1. The maximum absolute atomic E-state index is 13.3. The number of ether oxygens (including phenoxy) is 1. The predicted octanol–water partition coefficient (Wildman–Crippen LogP) is 4.14. The van der Waals surface area contributed by atoms with Crippen LogP contribution in [0.4, 0.5) is 5.69 Å². The number of sulfone groups is 1. The number of benzene rings is 3. The zero-order chi connectivity index (χ0) is 23.6. The summed E-state index contributed by atoms with van der Waals surface area (Å²) in [7, 11) is -2.67. The van der Waals surface area contributed by atoms with E-state index in [1.807, 2.05) is 0 Å². The van der Waals surface area contributed by atoms with Gasteiger partial charge in [-0.05, 0) is 54.6 Å². The third-order valence-corrected chi connectivity index (χ3v) is 7.03. The molecule has 0 fully saturated rings. The number of amides is 1. The van der Waals surface area contributed by atoms with Gasteiger partial charge in [-0.3, -0.25) is 9.59 Å². The number of nitrogens with one attached hydrogen (secondary N) is 1. The van der Waals surface area contributed by atoms with Crippen LogP contribution in [-0.4, -0.2) is 26.0 Å². The van der Waals surface area contributed by atoms with E-state index < -0.39 is 26.1 Å². The van der Waals surface area contributed by atoms with Gasteiger partial charge in [0.2, 0.25) is 21.2 Å². The van der Waals surface area contributed by atoms with E-state index in [1.165, 1.54) is 48.2 Å². The first kappa shape index (κ1) is 22.6. The molecule has 4 aromatic rings. The second-order valence-electron chi connectivity index (χ2n) is 7.21. The lowest BCUT2D eigenvalue weighted by Crippen LogP contribution is -2.23. The van der Waals surface area contributed by atoms with Gasteiger partial charge in [0.25, 0.3) is 0 Å². The number of rotatable bonds is 6. The number of aromatic nitrogens is 1. The van der Waals surface area contributed by atoms with Crippen LogP contribution in [0.15, 0.2) is 93.6 Å². The number of para-hydroxylation sites is 1. The van der Waals surface area contributed by atoms with Crippen LogP contribution in [0.1, 0.15) is 0 Å². The summed E-state index contributed by atoms with van der Waals surface area (Å²) in [6.07, 6.45) is 1.21. The minimum absolute atomic E-state index is 0.0504. The quantitative estimate of drug-likeness (QED) is 0.446. The third kappa shape index (κ3) is 4.62. The summed E-state index contributed by atoms with van der Waals surface area (Å²) in [5.74, 6) is 0.0847. The van der Waals surface area contributed by atoms with E-state index >= 15 is 0 Å². The average molecular weight is 483 g/mol. The average Bonchev–Trinajstić information content (AvgIpc) is 2.81. The monoisotopic (exact) mass is 482 g/mol. The lowest BCUT2D eigenvalue weighted by atomic mass is 10.2. The Morgan fingerprint density at radius 3 is 2.45 bits per heavy atom. The van der Waals surface area contributed by atoms with Crippen LogP contribution in [0.5, 0.6) is 5.75 Å². The van der Waals surface area contributed by atoms with Crippen molar-refractivity contribution < 1.29 is 17.9 Å². The summed E-state index contributed by atoms with van der Waals surface area (Å²) in [5.41, 5.74) is 0.314. The van der Waals surface area contributed by atoms with Crippen molar-refractivity contribution >= 4 is 43.9 Å². The number of anilines is 1. The van der Waals surface area contributed by atoms with E-state index in [0.29, 0.717) is 22.0 Å². The van der Waals surface area contributed by atoms with Crippen molar-refractivity contribution in [2.45, 2.75) is 16.3 Å². The van der Waals surface area contributed by atoms with Crippen molar-refractivity contribution in [1.82, 2.24) is 4.57 Å². The maximum Gasteiger partial charge on any atom is 0.244 e. The van der Waals surface area contributed by atoms with Gasteiger partial charge in [-0.15, -0.1) is 0 Å². The molecule has 4 rings (SSSR count). The van der Waals surface area contributed by atoms with Gasteiger partial charge < -0.3 is 14.6 Å². The first-order chi connectivity index (χ1) is 15.8. The Balaban J connectivity index is 1.78. The number of carbonyl (C=O) groups is 1. The zero-order valence-electron chi connectivity index (χ0n) is 17.5. The van der Waals surface area contributed by atoms with Gasteiger partial charge in [0, 0.05) is 22.3 Å². The minimum atomic E-state index is -4.15. The Morgan fingerprint density at radius 2 is 1.76 bits per heavy atom. The molecule has 9 heteroatoms. The number of halogens is 1. The molecule has 1 aromatic heterocycles. The topological polar surface area (TPSA) is 94.5 Å². The molecule has 168 valence electrons. The molecule has 0 aliphatic heterocycles. The molecule has 3 aromatic carbocycles. The lowest BCUT2D eigenvalue weighted by Gasteiger charge is -2.14. The number of nitrogens with zero attached hydrogens (tertiary/aromatic N) is 1. The van der Waals surface area contributed by atoms with Gasteiger partial charge in [0.1, 0.15) is 17.2 Å². The van der Waals surface area contributed by atoms with Crippen molar-refractivity contribution in [2.75, 3.05) is 12.4 Å². The van der Waals surface area contributed by atoms with E-state index in [-0.39, 0.29) is 16.8 Å². The van der Waals surface area contributed by atoms with Gasteiger partial charge in [0.15, 0.2) is 0 Å². The van der Waals surface area contributed by atoms with Crippen LogP contribution >= 0.6 is 11.6 Å². The molecule has 33 heavy (non-hydrogen) atoms. The SMILES string of the molecule is COc1ccc(S(=O)(=O)c2cn(CC(=O)Nc3cccc(Cl)c3)c3ccccc3c2=O)cc1. The number of pyridine rings is 1. The molecule has 0 spiro atoms. The van der Waals surface area contributed by atoms with Gasteiger partial charge in [-0.1, -0.05) is 29.8 Å². The molecule has 0 bridgehead atoms. The molecule has 1 N–H and O–H groups in total. The van der Waals surface area contributed by atoms with Crippen LogP contribution < -0.4 is 15.5 Å². The summed E-state index contributed by atoms with van der Waals surface area (Å²) in [6, 6.07) is 19.0. The van der Waals surface area contributed by atoms with Crippen molar-refractivity contribution in [3.8, 4) is 5.75 Å². The Kier molecular flexibility index (Phi) is 6.22. The second-order valence-corrected chi connectivity index (χ2v) is 9.56. The van der Waals surface area contributed by atoms with E-state index in [0.717, 1.165) is 0 Å². The number of fused-ring (bicyclic) bond motifs is 1. The largest absolute Gasteiger partial charge is 0.497 e. The summed E-state index contributed by atoms with van der Waals surface area (Å²) < 4.78 is 33.1. The first-order valence-electron chi connectivity index (χ1n) is 9.86. The molecule has 0 unspecified atom stereocenters. The Morgan fingerprint density at radius 1 is 1.03 bits per heavy atom. The highest BCUT2D eigenvalue weighted by Gasteiger charge is 2.24. The summed E-state index contributed by atoms with van der Waals surface area (Å²) in [4.78, 5) is 25.3. The lowest BCUT2D eigenvalue weighted by molar-refractivity contribution is -0.116. The fourth-order valence-electron chi connectivity index (χ4n) is 3.44. The highest BCUT2D eigenvalue weighted by Crippen LogP contribution is 2.23. The smallest absolute Gasteiger partial charge is 0.244 e.